The Labute approximate surface area is 137 Å². The van der Waals surface area contributed by atoms with E-state index in [4.69, 9.17) is 0 Å². The van der Waals surface area contributed by atoms with Gasteiger partial charge in [-0.05, 0) is 12.8 Å². The first-order valence-corrected chi connectivity index (χ1v) is 8.36. The third-order valence-electron chi connectivity index (χ3n) is 2.61. The van der Waals surface area contributed by atoms with Crippen molar-refractivity contribution in [1.82, 2.24) is 16.7 Å². The predicted octanol–water partition coefficient (Wildman–Crippen LogP) is 1.89. The fraction of sp³-hybridized carbons (Fsp3) is 0.889. The molecule has 1 saturated carbocycles. The second-order valence-electron chi connectivity index (χ2n) is 4.11. The molecule has 0 aromatic carbocycles. The summed E-state index contributed by atoms with van der Waals surface area (Å²) >= 11 is 6.98. The Balaban J connectivity index is 0.000000160. The topological polar surface area (TPSA) is 21.8 Å². The van der Waals surface area contributed by atoms with Gasteiger partial charge in [-0.25, -0.2) is 0 Å². The van der Waals surface area contributed by atoms with Gasteiger partial charge >= 0.3 is 59.6 Å². The molecule has 0 aromatic heterocycles. The van der Waals surface area contributed by atoms with Gasteiger partial charge in [-0.15, -0.1) is 0 Å². The molecular formula is C9H18I2N4Pt. The molecular weight excluding hydrogens is 613 g/mol. The summed E-state index contributed by atoms with van der Waals surface area (Å²) in [5, 5.41) is 2.03. The summed E-state index contributed by atoms with van der Waals surface area (Å²) in [7, 11) is 4.07. The third kappa shape index (κ3) is 5.67. The first-order chi connectivity index (χ1) is 7.50. The first kappa shape index (κ1) is 15.9. The molecule has 2 aliphatic rings. The van der Waals surface area contributed by atoms with Crippen molar-refractivity contribution in [2.45, 2.75) is 31.7 Å². The summed E-state index contributed by atoms with van der Waals surface area (Å²) in [6, 6.07) is 0.871. The van der Waals surface area contributed by atoms with Crippen LogP contribution in [0.25, 0.3) is 0 Å². The number of hydrogen-bond donors (Lipinski definition) is 1. The van der Waals surface area contributed by atoms with Gasteiger partial charge in [0.15, 0.2) is 0 Å². The molecule has 0 atom stereocenters. The Morgan fingerprint density at radius 3 is 2.06 bits per heavy atom. The number of halogens is 2. The van der Waals surface area contributed by atoms with E-state index in [0.717, 1.165) is 12.7 Å². The van der Waals surface area contributed by atoms with Gasteiger partial charge in [-0.1, -0.05) is 12.8 Å². The normalized spacial score (nSPS) is 24.1. The van der Waals surface area contributed by atoms with Crippen molar-refractivity contribution in [3.63, 3.8) is 0 Å². The van der Waals surface area contributed by atoms with Crippen LogP contribution in [0.1, 0.15) is 25.7 Å². The zero-order valence-electron chi connectivity index (χ0n) is 9.53. The molecule has 0 radical (unpaired) electrons. The third-order valence-corrected chi connectivity index (χ3v) is 5.31. The molecule has 0 spiro atoms. The van der Waals surface area contributed by atoms with E-state index in [1.54, 1.807) is 0 Å². The molecule has 0 aromatic rings. The molecule has 1 aliphatic carbocycles. The fourth-order valence-corrected chi connectivity index (χ4v) is 3.45. The van der Waals surface area contributed by atoms with Crippen molar-refractivity contribution < 1.29 is 19.4 Å². The summed E-state index contributed by atoms with van der Waals surface area (Å²) < 4.78 is 3.47. The average Bonchev–Trinajstić information content (AvgIpc) is 2.78. The Morgan fingerprint density at radius 2 is 1.88 bits per heavy atom. The molecule has 2 rings (SSSR count). The maximum atomic E-state index is 3.13. The molecule has 2 fully saturated rings. The van der Waals surface area contributed by atoms with E-state index in [0.29, 0.717) is 0 Å². The van der Waals surface area contributed by atoms with Crippen LogP contribution in [-0.4, -0.2) is 42.2 Å². The van der Waals surface area contributed by atoms with E-state index in [9.17, 15) is 0 Å². The van der Waals surface area contributed by atoms with E-state index in [1.165, 1.54) is 29.8 Å². The van der Waals surface area contributed by atoms with E-state index in [1.807, 2.05) is 12.1 Å². The van der Waals surface area contributed by atoms with Crippen molar-refractivity contribution in [3.8, 4) is 0 Å². The van der Waals surface area contributed by atoms with Crippen LogP contribution in [-0.2, 0) is 19.4 Å². The predicted molar refractivity (Wildman–Crippen MR) is 80.7 cm³/mol. The minimum atomic E-state index is 0.871. The van der Waals surface area contributed by atoms with Crippen LogP contribution >= 0.6 is 45.7 Å². The van der Waals surface area contributed by atoms with E-state index >= 15 is 0 Å². The molecule has 4 nitrogen and oxygen atoms in total. The molecule has 1 aliphatic heterocycles. The maximum absolute atomic E-state index is 3.13. The van der Waals surface area contributed by atoms with Crippen molar-refractivity contribution >= 4 is 49.9 Å². The second kappa shape index (κ2) is 8.11. The molecule has 16 heavy (non-hydrogen) atoms. The summed E-state index contributed by atoms with van der Waals surface area (Å²) in [6.07, 6.45) is 5.69. The van der Waals surface area contributed by atoms with Gasteiger partial charge in [-0.3, -0.25) is 0 Å². The van der Waals surface area contributed by atoms with Crippen LogP contribution in [0.4, 0.5) is 0 Å². The average molecular weight is 631 g/mol. The summed E-state index contributed by atoms with van der Waals surface area (Å²) in [5.41, 5.74) is 3.13. The summed E-state index contributed by atoms with van der Waals surface area (Å²) in [5.74, 6) is 0. The Hall–Kier alpha value is 1.86. The van der Waals surface area contributed by atoms with E-state index in [2.05, 4.69) is 83.8 Å². The first-order valence-electron chi connectivity index (χ1n) is 5.29. The number of nitrogens with zero attached hydrogens (tertiary/aromatic N) is 3. The van der Waals surface area contributed by atoms with Crippen molar-refractivity contribution in [2.75, 3.05) is 20.8 Å². The molecule has 0 unspecified atom stereocenters. The van der Waals surface area contributed by atoms with E-state index in [-0.39, 0.29) is 0 Å². The van der Waals surface area contributed by atoms with Crippen molar-refractivity contribution in [2.24, 2.45) is 0 Å². The van der Waals surface area contributed by atoms with Crippen molar-refractivity contribution in [3.05, 3.63) is 0 Å². The smallest absolute Gasteiger partial charge is 0.0311 e. The maximum Gasteiger partial charge on any atom is 0.0311 e. The van der Waals surface area contributed by atoms with Gasteiger partial charge < -0.3 is 0 Å². The molecule has 0 bridgehead atoms. The SMILES string of the molecule is CN1CN(C)[C](=[Pt])N1.IN(I)C1CCCC1. The monoisotopic (exact) mass is 631 g/mol. The van der Waals surface area contributed by atoms with Crippen LogP contribution in [0.5, 0.6) is 0 Å². The Kier molecular flexibility index (Phi) is 8.07. The van der Waals surface area contributed by atoms with Crippen LogP contribution in [0.3, 0.4) is 0 Å². The van der Waals surface area contributed by atoms with Gasteiger partial charge in [0.1, 0.15) is 0 Å². The van der Waals surface area contributed by atoms with Gasteiger partial charge in [-0.2, -0.15) is 1.33 Å². The van der Waals surface area contributed by atoms with Gasteiger partial charge in [0.2, 0.25) is 0 Å². The largest absolute Gasteiger partial charge is 0.185 e. The molecule has 1 N–H and O–H groups in total. The standard InChI is InChI=1S/C5H9I2N.C4H9N3.Pt/c6-8(7)5-3-1-2-4-5;1-6-3-5-7(2)4-6;/h5H,1-4H2;5H,4H2,1-2H3;. The molecule has 7 heteroatoms. The zero-order chi connectivity index (χ0) is 12.1. The molecule has 98 valence electrons. The van der Waals surface area contributed by atoms with Gasteiger partial charge in [0, 0.05) is 51.8 Å². The van der Waals surface area contributed by atoms with Crippen LogP contribution in [0.15, 0.2) is 0 Å². The summed E-state index contributed by atoms with van der Waals surface area (Å²) in [4.78, 5) is 2.14. The van der Waals surface area contributed by atoms with Gasteiger partial charge in [0.05, 0.1) is 0 Å². The number of hydrogen-bond acceptors (Lipinski definition) is 4. The van der Waals surface area contributed by atoms with Crippen LogP contribution in [0.2, 0.25) is 0 Å². The zero-order valence-corrected chi connectivity index (χ0v) is 16.1. The molecule has 1 heterocycles. The van der Waals surface area contributed by atoms with Crippen molar-refractivity contribution in [1.29, 1.82) is 0 Å². The minimum absolute atomic E-state index is 0.871. The molecule has 0 amide bonds. The fourth-order valence-electron chi connectivity index (χ4n) is 1.74. The number of rotatable bonds is 1. The van der Waals surface area contributed by atoms with E-state index < -0.39 is 0 Å². The van der Waals surface area contributed by atoms with Crippen LogP contribution < -0.4 is 5.43 Å². The van der Waals surface area contributed by atoms with Crippen LogP contribution in [0, 0.1) is 0 Å². The Bertz CT molecular complexity index is 234. The minimum Gasteiger partial charge on any atom is -0.185 e. The number of hydrazine groups is 1. The summed E-state index contributed by atoms with van der Waals surface area (Å²) in [6.45, 7) is 0.971. The second-order valence-corrected chi connectivity index (χ2v) is 9.11. The van der Waals surface area contributed by atoms with Gasteiger partial charge in [0.25, 0.3) is 0 Å². The Morgan fingerprint density at radius 1 is 1.31 bits per heavy atom. The molecule has 1 saturated heterocycles. The number of nitrogens with one attached hydrogen (secondary N) is 1. The quantitative estimate of drug-likeness (QED) is 0.353.